The number of Topliss-reactive ketones (excluding diaryl/α,β-unsaturated/α-hetero) is 1. The number of amides is 1. The van der Waals surface area contributed by atoms with Crippen molar-refractivity contribution in [3.8, 4) is 5.75 Å². The summed E-state index contributed by atoms with van der Waals surface area (Å²) in [4.78, 5) is 27.7. The number of hydrogen-bond donors (Lipinski definition) is 1. The fourth-order valence-corrected chi connectivity index (χ4v) is 4.42. The lowest BCUT2D eigenvalue weighted by Crippen LogP contribution is -2.76. The van der Waals surface area contributed by atoms with Crippen molar-refractivity contribution >= 4 is 11.7 Å². The molecule has 1 saturated heterocycles. The molecule has 0 aromatic heterocycles. The molecule has 0 bridgehead atoms. The normalized spacial score (nSPS) is 27.2. The zero-order valence-corrected chi connectivity index (χ0v) is 17.4. The van der Waals surface area contributed by atoms with Crippen LogP contribution in [0.2, 0.25) is 0 Å². The molecule has 6 nitrogen and oxygen atoms in total. The Morgan fingerprint density at radius 2 is 1.79 bits per heavy atom. The molecule has 154 valence electrons. The molecule has 6 heteroatoms. The van der Waals surface area contributed by atoms with Crippen molar-refractivity contribution in [1.82, 2.24) is 4.90 Å². The van der Waals surface area contributed by atoms with Crippen LogP contribution in [0.4, 0.5) is 0 Å². The molecule has 1 aromatic carbocycles. The lowest BCUT2D eigenvalue weighted by molar-refractivity contribution is -0.180. The number of nitrogens with zero attached hydrogens (tertiary/aromatic N) is 1. The molecule has 2 unspecified atom stereocenters. The maximum Gasteiger partial charge on any atom is 0.243 e. The second-order valence-corrected chi connectivity index (χ2v) is 8.50. The fraction of sp³-hybridized carbons (Fsp3) is 0.636. The van der Waals surface area contributed by atoms with E-state index in [4.69, 9.17) is 15.2 Å². The largest absolute Gasteiger partial charge is 0.497 e. The second kappa shape index (κ2) is 7.84. The van der Waals surface area contributed by atoms with Crippen LogP contribution < -0.4 is 10.5 Å². The summed E-state index contributed by atoms with van der Waals surface area (Å²) in [5, 5.41) is 0. The van der Waals surface area contributed by atoms with Gasteiger partial charge in [0, 0.05) is 43.0 Å². The lowest BCUT2D eigenvalue weighted by atomic mass is 9.54. The summed E-state index contributed by atoms with van der Waals surface area (Å²) < 4.78 is 10.9. The summed E-state index contributed by atoms with van der Waals surface area (Å²) in [7, 11) is 1.60. The molecule has 2 atom stereocenters. The minimum Gasteiger partial charge on any atom is -0.497 e. The Kier molecular flexibility index (Phi) is 5.82. The van der Waals surface area contributed by atoms with Crippen molar-refractivity contribution < 1.29 is 19.1 Å². The summed E-state index contributed by atoms with van der Waals surface area (Å²) >= 11 is 0. The number of ketones is 1. The SMILES string of the molecule is CCOC1CC(N)(C(=O)N2CCC(C(=O)c3ccc(OC)cc3)CC2)C1(C)C. The Labute approximate surface area is 167 Å². The molecule has 2 fully saturated rings. The van der Waals surface area contributed by atoms with E-state index in [0.29, 0.717) is 44.5 Å². The molecule has 2 N–H and O–H groups in total. The van der Waals surface area contributed by atoms with E-state index in [0.717, 1.165) is 5.75 Å². The van der Waals surface area contributed by atoms with E-state index in [-0.39, 0.29) is 23.7 Å². The zero-order valence-electron chi connectivity index (χ0n) is 17.4. The molecule has 1 heterocycles. The highest BCUT2D eigenvalue weighted by Crippen LogP contribution is 2.50. The van der Waals surface area contributed by atoms with Crippen molar-refractivity contribution in [3.05, 3.63) is 29.8 Å². The zero-order chi connectivity index (χ0) is 20.5. The standard InChI is InChI=1S/C22H32N2O4/c1-5-28-18-14-22(23,21(18,2)3)20(26)24-12-10-16(11-13-24)19(25)15-6-8-17(27-4)9-7-15/h6-9,16,18H,5,10-14,23H2,1-4H3. The second-order valence-electron chi connectivity index (χ2n) is 8.50. The van der Waals surface area contributed by atoms with Crippen LogP contribution in [0.1, 0.15) is 50.4 Å². The van der Waals surface area contributed by atoms with Crippen LogP contribution in [-0.2, 0) is 9.53 Å². The number of piperidine rings is 1. The van der Waals surface area contributed by atoms with Crippen LogP contribution in [0.3, 0.4) is 0 Å². The molecular formula is C22H32N2O4. The van der Waals surface area contributed by atoms with E-state index in [9.17, 15) is 9.59 Å². The number of carbonyl (C=O) groups is 2. The summed E-state index contributed by atoms with van der Waals surface area (Å²) in [6.07, 6.45) is 1.90. The molecule has 0 spiro atoms. The van der Waals surface area contributed by atoms with E-state index in [1.165, 1.54) is 0 Å². The number of methoxy groups -OCH3 is 1. The molecule has 28 heavy (non-hydrogen) atoms. The van der Waals surface area contributed by atoms with Gasteiger partial charge in [-0.1, -0.05) is 13.8 Å². The number of benzene rings is 1. The molecule has 3 rings (SSSR count). The van der Waals surface area contributed by atoms with Gasteiger partial charge in [-0.05, 0) is 44.0 Å². The van der Waals surface area contributed by atoms with Crippen LogP contribution in [0.25, 0.3) is 0 Å². The van der Waals surface area contributed by atoms with E-state index in [1.54, 1.807) is 31.4 Å². The third-order valence-corrected chi connectivity index (χ3v) is 6.74. The summed E-state index contributed by atoms with van der Waals surface area (Å²) in [5.41, 5.74) is 5.95. The highest BCUT2D eigenvalue weighted by Gasteiger charge is 2.63. The molecule has 1 amide bonds. The topological polar surface area (TPSA) is 81.9 Å². The Morgan fingerprint density at radius 3 is 2.29 bits per heavy atom. The molecule has 0 radical (unpaired) electrons. The van der Waals surface area contributed by atoms with Crippen molar-refractivity contribution in [1.29, 1.82) is 0 Å². The van der Waals surface area contributed by atoms with Gasteiger partial charge in [0.15, 0.2) is 5.78 Å². The van der Waals surface area contributed by atoms with E-state index < -0.39 is 11.0 Å². The first kappa shape index (κ1) is 20.8. The molecular weight excluding hydrogens is 356 g/mol. The van der Waals surface area contributed by atoms with E-state index in [1.807, 2.05) is 25.7 Å². The quantitative estimate of drug-likeness (QED) is 0.758. The summed E-state index contributed by atoms with van der Waals surface area (Å²) in [5.74, 6) is 0.803. The summed E-state index contributed by atoms with van der Waals surface area (Å²) in [6, 6.07) is 7.21. The minimum absolute atomic E-state index is 0.0104. The number of ether oxygens (including phenoxy) is 2. The van der Waals surface area contributed by atoms with Gasteiger partial charge in [-0.3, -0.25) is 9.59 Å². The van der Waals surface area contributed by atoms with Gasteiger partial charge in [-0.15, -0.1) is 0 Å². The Hall–Kier alpha value is -1.92. The van der Waals surface area contributed by atoms with Gasteiger partial charge in [0.05, 0.1) is 13.2 Å². The van der Waals surface area contributed by atoms with Crippen molar-refractivity contribution in [2.24, 2.45) is 17.1 Å². The van der Waals surface area contributed by atoms with Gasteiger partial charge in [-0.2, -0.15) is 0 Å². The third-order valence-electron chi connectivity index (χ3n) is 6.74. The minimum atomic E-state index is -0.889. The van der Waals surface area contributed by atoms with Crippen LogP contribution in [0.15, 0.2) is 24.3 Å². The first-order chi connectivity index (χ1) is 13.2. The summed E-state index contributed by atoms with van der Waals surface area (Å²) in [6.45, 7) is 7.74. The molecule has 1 saturated carbocycles. The predicted molar refractivity (Wildman–Crippen MR) is 107 cm³/mol. The highest BCUT2D eigenvalue weighted by atomic mass is 16.5. The number of likely N-dealkylation sites (tertiary alicyclic amines) is 1. The molecule has 1 aliphatic heterocycles. The fourth-order valence-electron chi connectivity index (χ4n) is 4.42. The van der Waals surface area contributed by atoms with E-state index >= 15 is 0 Å². The molecule has 1 aliphatic carbocycles. The van der Waals surface area contributed by atoms with Crippen LogP contribution >= 0.6 is 0 Å². The first-order valence-electron chi connectivity index (χ1n) is 10.1. The molecule has 2 aliphatic rings. The number of carbonyl (C=O) groups excluding carboxylic acids is 2. The van der Waals surface area contributed by atoms with Gasteiger partial charge in [0.25, 0.3) is 0 Å². The maximum absolute atomic E-state index is 13.1. The number of rotatable bonds is 6. The maximum atomic E-state index is 13.1. The van der Waals surface area contributed by atoms with Gasteiger partial charge >= 0.3 is 0 Å². The average molecular weight is 389 g/mol. The Balaban J connectivity index is 1.59. The smallest absolute Gasteiger partial charge is 0.243 e. The van der Waals surface area contributed by atoms with Gasteiger partial charge in [-0.25, -0.2) is 0 Å². The van der Waals surface area contributed by atoms with Crippen molar-refractivity contribution in [2.75, 3.05) is 26.8 Å². The number of hydrogen-bond acceptors (Lipinski definition) is 5. The Morgan fingerprint density at radius 1 is 1.18 bits per heavy atom. The van der Waals surface area contributed by atoms with Crippen LogP contribution in [0.5, 0.6) is 5.75 Å². The number of nitrogens with two attached hydrogens (primary N) is 1. The monoisotopic (exact) mass is 388 g/mol. The van der Waals surface area contributed by atoms with Gasteiger partial charge in [0.1, 0.15) is 11.3 Å². The van der Waals surface area contributed by atoms with E-state index in [2.05, 4.69) is 0 Å². The van der Waals surface area contributed by atoms with Gasteiger partial charge in [0.2, 0.25) is 5.91 Å². The lowest BCUT2D eigenvalue weighted by Gasteiger charge is -2.59. The third kappa shape index (κ3) is 3.44. The predicted octanol–water partition coefficient (Wildman–Crippen LogP) is 2.65. The highest BCUT2D eigenvalue weighted by molar-refractivity contribution is 5.98. The van der Waals surface area contributed by atoms with Gasteiger partial charge < -0.3 is 20.1 Å². The van der Waals surface area contributed by atoms with Crippen LogP contribution in [0, 0.1) is 11.3 Å². The van der Waals surface area contributed by atoms with Crippen LogP contribution in [-0.4, -0.2) is 55.0 Å². The Bertz CT molecular complexity index is 723. The van der Waals surface area contributed by atoms with Crippen molar-refractivity contribution in [2.45, 2.75) is 51.7 Å². The average Bonchev–Trinajstić information content (AvgIpc) is 2.72. The molecule has 1 aromatic rings. The first-order valence-corrected chi connectivity index (χ1v) is 10.1. The van der Waals surface area contributed by atoms with Crippen molar-refractivity contribution in [3.63, 3.8) is 0 Å².